The van der Waals surface area contributed by atoms with E-state index >= 15 is 0 Å². The average molecular weight is 251 g/mol. The third-order valence-corrected chi connectivity index (χ3v) is 3.09. The van der Waals surface area contributed by atoms with Crippen molar-refractivity contribution in [3.8, 4) is 10.6 Å². The summed E-state index contributed by atoms with van der Waals surface area (Å²) in [5.41, 5.74) is 0.764. The molecule has 2 aromatic rings. The van der Waals surface area contributed by atoms with Crippen molar-refractivity contribution >= 4 is 16.5 Å². The van der Waals surface area contributed by atoms with E-state index in [4.69, 9.17) is 0 Å². The fourth-order valence-electron chi connectivity index (χ4n) is 1.32. The zero-order chi connectivity index (χ0) is 12.3. The van der Waals surface area contributed by atoms with Gasteiger partial charge in [-0.25, -0.2) is 4.39 Å². The Kier molecular flexibility index (Phi) is 3.68. The Morgan fingerprint density at radius 2 is 2.18 bits per heavy atom. The van der Waals surface area contributed by atoms with Crippen molar-refractivity contribution in [1.82, 2.24) is 10.2 Å². The van der Waals surface area contributed by atoms with Crippen LogP contribution < -0.4 is 5.32 Å². The number of nitrogens with one attached hydrogen (secondary N) is 1. The normalized spacial score (nSPS) is 10.8. The van der Waals surface area contributed by atoms with Crippen LogP contribution in [-0.4, -0.2) is 16.7 Å². The van der Waals surface area contributed by atoms with Crippen LogP contribution in [-0.2, 0) is 0 Å². The van der Waals surface area contributed by atoms with E-state index in [2.05, 4.69) is 29.4 Å². The minimum Gasteiger partial charge on any atom is -0.360 e. The van der Waals surface area contributed by atoms with Crippen LogP contribution in [0.1, 0.15) is 13.8 Å². The van der Waals surface area contributed by atoms with Gasteiger partial charge in [0.25, 0.3) is 0 Å². The predicted molar refractivity (Wildman–Crippen MR) is 68.6 cm³/mol. The molecule has 0 radical (unpaired) electrons. The summed E-state index contributed by atoms with van der Waals surface area (Å²) in [7, 11) is 0. The molecule has 0 aliphatic rings. The van der Waals surface area contributed by atoms with E-state index in [0.717, 1.165) is 22.2 Å². The van der Waals surface area contributed by atoms with Crippen molar-refractivity contribution in [2.75, 3.05) is 11.9 Å². The van der Waals surface area contributed by atoms with E-state index in [9.17, 15) is 4.39 Å². The van der Waals surface area contributed by atoms with Crippen molar-refractivity contribution in [1.29, 1.82) is 0 Å². The van der Waals surface area contributed by atoms with Gasteiger partial charge in [0.15, 0.2) is 0 Å². The maximum absolute atomic E-state index is 13.1. The van der Waals surface area contributed by atoms with Crippen LogP contribution in [0.4, 0.5) is 9.52 Å². The number of halogens is 1. The van der Waals surface area contributed by atoms with Crippen molar-refractivity contribution in [2.24, 2.45) is 5.92 Å². The molecule has 0 aliphatic heterocycles. The minimum absolute atomic E-state index is 0.255. The molecule has 1 heterocycles. The third kappa shape index (κ3) is 3.23. The molecule has 2 rings (SSSR count). The van der Waals surface area contributed by atoms with Gasteiger partial charge in [-0.3, -0.25) is 0 Å². The van der Waals surface area contributed by atoms with Gasteiger partial charge in [-0.2, -0.15) is 0 Å². The van der Waals surface area contributed by atoms with E-state index < -0.39 is 0 Å². The second kappa shape index (κ2) is 5.23. The highest BCUT2D eigenvalue weighted by Gasteiger charge is 2.07. The largest absolute Gasteiger partial charge is 0.360 e. The first-order chi connectivity index (χ1) is 8.15. The van der Waals surface area contributed by atoms with Gasteiger partial charge in [0.2, 0.25) is 5.13 Å². The number of aromatic nitrogens is 2. The molecule has 0 unspecified atom stereocenters. The van der Waals surface area contributed by atoms with E-state index in [0.29, 0.717) is 5.92 Å². The minimum atomic E-state index is -0.255. The van der Waals surface area contributed by atoms with Gasteiger partial charge in [-0.05, 0) is 18.1 Å². The highest BCUT2D eigenvalue weighted by Crippen LogP contribution is 2.26. The quantitative estimate of drug-likeness (QED) is 0.904. The molecule has 0 saturated heterocycles. The zero-order valence-electron chi connectivity index (χ0n) is 9.77. The van der Waals surface area contributed by atoms with E-state index in [1.807, 2.05) is 6.07 Å². The standard InChI is InChI=1S/C12H14FN3S/c1-8(2)7-14-12-16-15-11(17-12)9-4-3-5-10(13)6-9/h3-6,8H,7H2,1-2H3,(H,14,16). The Morgan fingerprint density at radius 3 is 2.88 bits per heavy atom. The van der Waals surface area contributed by atoms with Crippen LogP contribution in [0.2, 0.25) is 0 Å². The van der Waals surface area contributed by atoms with Crippen LogP contribution in [0, 0.1) is 11.7 Å². The Bertz CT molecular complexity index is 496. The number of nitrogens with zero attached hydrogens (tertiary/aromatic N) is 2. The summed E-state index contributed by atoms with van der Waals surface area (Å²) >= 11 is 1.44. The maximum Gasteiger partial charge on any atom is 0.206 e. The number of hydrogen-bond acceptors (Lipinski definition) is 4. The summed E-state index contributed by atoms with van der Waals surface area (Å²) < 4.78 is 13.1. The third-order valence-electron chi connectivity index (χ3n) is 2.16. The first-order valence-electron chi connectivity index (χ1n) is 5.48. The molecule has 17 heavy (non-hydrogen) atoms. The highest BCUT2D eigenvalue weighted by atomic mass is 32.1. The second-order valence-corrected chi connectivity index (χ2v) is 5.17. The summed E-state index contributed by atoms with van der Waals surface area (Å²) in [6.07, 6.45) is 0. The molecule has 90 valence electrons. The molecular formula is C12H14FN3S. The lowest BCUT2D eigenvalue weighted by atomic mass is 10.2. The SMILES string of the molecule is CC(C)CNc1nnc(-c2cccc(F)c2)s1. The molecule has 5 heteroatoms. The molecule has 3 nitrogen and oxygen atoms in total. The average Bonchev–Trinajstić information content (AvgIpc) is 2.75. The van der Waals surface area contributed by atoms with Crippen molar-refractivity contribution in [3.05, 3.63) is 30.1 Å². The summed E-state index contributed by atoms with van der Waals surface area (Å²) in [4.78, 5) is 0. The van der Waals surface area contributed by atoms with Crippen molar-refractivity contribution < 1.29 is 4.39 Å². The number of rotatable bonds is 4. The van der Waals surface area contributed by atoms with Gasteiger partial charge in [0.05, 0.1) is 0 Å². The molecular weight excluding hydrogens is 237 g/mol. The van der Waals surface area contributed by atoms with Crippen molar-refractivity contribution in [2.45, 2.75) is 13.8 Å². The van der Waals surface area contributed by atoms with Gasteiger partial charge in [-0.1, -0.05) is 37.3 Å². The summed E-state index contributed by atoms with van der Waals surface area (Å²) in [6.45, 7) is 5.11. The molecule has 1 N–H and O–H groups in total. The monoisotopic (exact) mass is 251 g/mol. The molecule has 0 amide bonds. The van der Waals surface area contributed by atoms with E-state index in [1.165, 1.54) is 23.5 Å². The fourth-order valence-corrected chi connectivity index (χ4v) is 2.07. The first kappa shape index (κ1) is 12.0. The second-order valence-electron chi connectivity index (χ2n) is 4.20. The van der Waals surface area contributed by atoms with Crippen molar-refractivity contribution in [3.63, 3.8) is 0 Å². The van der Waals surface area contributed by atoms with Gasteiger partial charge in [0, 0.05) is 12.1 Å². The Balaban J connectivity index is 2.12. The molecule has 0 bridgehead atoms. The predicted octanol–water partition coefficient (Wildman–Crippen LogP) is 3.41. The van der Waals surface area contributed by atoms with Gasteiger partial charge < -0.3 is 5.32 Å². The Morgan fingerprint density at radius 1 is 1.35 bits per heavy atom. The molecule has 0 spiro atoms. The highest BCUT2D eigenvalue weighted by molar-refractivity contribution is 7.18. The first-order valence-corrected chi connectivity index (χ1v) is 6.30. The van der Waals surface area contributed by atoms with Crippen LogP contribution in [0.25, 0.3) is 10.6 Å². The smallest absolute Gasteiger partial charge is 0.206 e. The molecule has 0 atom stereocenters. The lowest BCUT2D eigenvalue weighted by molar-refractivity contribution is 0.628. The van der Waals surface area contributed by atoms with Gasteiger partial charge in [0.1, 0.15) is 10.8 Å². The molecule has 0 fully saturated rings. The fraction of sp³-hybridized carbons (Fsp3) is 0.333. The number of hydrogen-bond donors (Lipinski definition) is 1. The lowest BCUT2D eigenvalue weighted by Gasteiger charge is -2.03. The van der Waals surface area contributed by atoms with Crippen LogP contribution in [0.5, 0.6) is 0 Å². The van der Waals surface area contributed by atoms with E-state index in [1.54, 1.807) is 6.07 Å². The van der Waals surface area contributed by atoms with Crippen LogP contribution in [0.3, 0.4) is 0 Å². The Hall–Kier alpha value is -1.49. The zero-order valence-corrected chi connectivity index (χ0v) is 10.6. The van der Waals surface area contributed by atoms with E-state index in [-0.39, 0.29) is 5.82 Å². The summed E-state index contributed by atoms with van der Waals surface area (Å²) in [5.74, 6) is 0.297. The molecule has 1 aromatic carbocycles. The van der Waals surface area contributed by atoms with Crippen LogP contribution in [0.15, 0.2) is 24.3 Å². The van der Waals surface area contributed by atoms with Gasteiger partial charge in [-0.15, -0.1) is 10.2 Å². The van der Waals surface area contributed by atoms with Gasteiger partial charge >= 0.3 is 0 Å². The topological polar surface area (TPSA) is 37.8 Å². The molecule has 1 aromatic heterocycles. The maximum atomic E-state index is 13.1. The molecule has 0 saturated carbocycles. The number of benzene rings is 1. The summed E-state index contributed by atoms with van der Waals surface area (Å²) in [6, 6.07) is 6.39. The van der Waals surface area contributed by atoms with Crippen LogP contribution >= 0.6 is 11.3 Å². The Labute approximate surface area is 104 Å². The summed E-state index contributed by atoms with van der Waals surface area (Å²) in [5, 5.41) is 12.8. The molecule has 0 aliphatic carbocycles. The number of anilines is 1. The lowest BCUT2D eigenvalue weighted by Crippen LogP contribution is -2.07.